The van der Waals surface area contributed by atoms with Crippen molar-refractivity contribution in [1.29, 1.82) is 0 Å². The number of amides is 1. The van der Waals surface area contributed by atoms with E-state index in [4.69, 9.17) is 9.57 Å². The smallest absolute Gasteiger partial charge is 0.434 e. The summed E-state index contributed by atoms with van der Waals surface area (Å²) in [4.78, 5) is 28.9. The number of rotatable bonds is 9. The summed E-state index contributed by atoms with van der Waals surface area (Å²) in [7, 11) is 0. The molecule has 0 aliphatic heterocycles. The second kappa shape index (κ2) is 9.27. The summed E-state index contributed by atoms with van der Waals surface area (Å²) < 4.78 is 5.24. The van der Waals surface area contributed by atoms with Crippen molar-refractivity contribution in [2.75, 3.05) is 6.54 Å². The van der Waals surface area contributed by atoms with Crippen molar-refractivity contribution in [2.24, 2.45) is 5.92 Å². The molecule has 0 aliphatic rings. The second-order valence-electron chi connectivity index (χ2n) is 6.59. The molecule has 1 aromatic carbocycles. The van der Waals surface area contributed by atoms with Crippen molar-refractivity contribution in [1.82, 2.24) is 5.06 Å². The van der Waals surface area contributed by atoms with Crippen LogP contribution in [0.1, 0.15) is 46.1 Å². The Morgan fingerprint density at radius 2 is 1.83 bits per heavy atom. The zero-order valence-corrected chi connectivity index (χ0v) is 14.8. The van der Waals surface area contributed by atoms with Crippen molar-refractivity contribution in [3.05, 3.63) is 35.9 Å². The first-order valence-electron chi connectivity index (χ1n) is 8.13. The number of carbonyl (C=O) groups excluding carboxylic acids is 1. The number of aliphatic carboxylic acids is 1. The van der Waals surface area contributed by atoms with Gasteiger partial charge in [0.2, 0.25) is 0 Å². The number of carboxylic acid groups (broad SMARTS) is 1. The van der Waals surface area contributed by atoms with Crippen molar-refractivity contribution in [3.63, 3.8) is 0 Å². The molecule has 1 rings (SSSR count). The summed E-state index contributed by atoms with van der Waals surface area (Å²) in [5.41, 5.74) is -0.658. The maximum Gasteiger partial charge on any atom is 0.434 e. The highest BCUT2D eigenvalue weighted by atomic mass is 16.7. The maximum atomic E-state index is 12.3. The molecule has 0 unspecified atom stereocenters. The van der Waals surface area contributed by atoms with E-state index in [0.717, 1.165) is 17.0 Å². The number of carbonyl (C=O) groups is 2. The summed E-state index contributed by atoms with van der Waals surface area (Å²) in [5, 5.41) is 10.2. The predicted octanol–water partition coefficient (Wildman–Crippen LogP) is 3.86. The highest BCUT2D eigenvalue weighted by Crippen LogP contribution is 2.16. The van der Waals surface area contributed by atoms with Crippen LogP contribution in [0.4, 0.5) is 4.79 Å². The molecule has 134 valence electrons. The third-order valence-electron chi connectivity index (χ3n) is 3.40. The van der Waals surface area contributed by atoms with Crippen LogP contribution in [0.2, 0.25) is 0 Å². The van der Waals surface area contributed by atoms with Gasteiger partial charge in [0.05, 0.1) is 6.54 Å². The molecule has 1 N–H and O–H groups in total. The quantitative estimate of drug-likeness (QED) is 0.693. The highest BCUT2D eigenvalue weighted by molar-refractivity contribution is 5.76. The highest BCUT2D eigenvalue weighted by Gasteiger charge is 2.34. The van der Waals surface area contributed by atoms with E-state index in [1.165, 1.54) is 13.8 Å². The first kappa shape index (κ1) is 20.0. The average molecular weight is 337 g/mol. The molecule has 0 spiro atoms. The fraction of sp³-hybridized carbons (Fsp3) is 0.556. The number of hydrogen-bond donors (Lipinski definition) is 1. The van der Waals surface area contributed by atoms with Gasteiger partial charge in [0, 0.05) is 0 Å². The lowest BCUT2D eigenvalue weighted by Crippen LogP contribution is -2.45. The summed E-state index contributed by atoms with van der Waals surface area (Å²) in [5.74, 6) is -0.660. The molecular formula is C18H27NO5. The van der Waals surface area contributed by atoms with Gasteiger partial charge in [-0.05, 0) is 38.2 Å². The van der Waals surface area contributed by atoms with E-state index >= 15 is 0 Å². The molecule has 0 fully saturated rings. The van der Waals surface area contributed by atoms with Crippen molar-refractivity contribution in [2.45, 2.75) is 52.7 Å². The largest absolute Gasteiger partial charge is 0.479 e. The molecule has 0 bridgehead atoms. The molecule has 6 heteroatoms. The Morgan fingerprint density at radius 3 is 2.38 bits per heavy atom. The van der Waals surface area contributed by atoms with Crippen LogP contribution in [-0.2, 0) is 21.0 Å². The van der Waals surface area contributed by atoms with Gasteiger partial charge in [-0.15, -0.1) is 0 Å². The lowest BCUT2D eigenvalue weighted by Gasteiger charge is -2.29. The molecule has 1 amide bonds. The molecule has 0 saturated heterocycles. The summed E-state index contributed by atoms with van der Waals surface area (Å²) in [6.07, 6.45) is 0.921. The van der Waals surface area contributed by atoms with Crippen LogP contribution in [0.3, 0.4) is 0 Å². The fourth-order valence-electron chi connectivity index (χ4n) is 1.92. The maximum absolute atomic E-state index is 12.3. The Labute approximate surface area is 143 Å². The van der Waals surface area contributed by atoms with E-state index in [2.05, 4.69) is 13.8 Å². The van der Waals surface area contributed by atoms with Gasteiger partial charge >= 0.3 is 12.1 Å². The summed E-state index contributed by atoms with van der Waals surface area (Å²) in [6.45, 7) is 7.35. The van der Waals surface area contributed by atoms with Gasteiger partial charge in [-0.2, -0.15) is 5.06 Å². The fourth-order valence-corrected chi connectivity index (χ4v) is 1.92. The Balaban J connectivity index is 2.67. The van der Waals surface area contributed by atoms with E-state index in [9.17, 15) is 14.7 Å². The lowest BCUT2D eigenvalue weighted by molar-refractivity contribution is -0.223. The van der Waals surface area contributed by atoms with Gasteiger partial charge in [-0.3, -0.25) is 4.84 Å². The lowest BCUT2D eigenvalue weighted by atomic mass is 10.1. The van der Waals surface area contributed by atoms with E-state index in [1.54, 1.807) is 0 Å². The minimum Gasteiger partial charge on any atom is -0.479 e. The third kappa shape index (κ3) is 7.00. The summed E-state index contributed by atoms with van der Waals surface area (Å²) >= 11 is 0. The zero-order chi connectivity index (χ0) is 18.2. The van der Waals surface area contributed by atoms with Crippen LogP contribution < -0.4 is 0 Å². The van der Waals surface area contributed by atoms with Crippen LogP contribution >= 0.6 is 0 Å². The number of ether oxygens (including phenoxy) is 1. The Hall–Kier alpha value is -2.08. The zero-order valence-electron chi connectivity index (χ0n) is 14.8. The van der Waals surface area contributed by atoms with Gasteiger partial charge < -0.3 is 9.84 Å². The van der Waals surface area contributed by atoms with Crippen LogP contribution in [0, 0.1) is 5.92 Å². The van der Waals surface area contributed by atoms with Gasteiger partial charge in [0.1, 0.15) is 6.61 Å². The van der Waals surface area contributed by atoms with Gasteiger partial charge in [0.15, 0.2) is 5.60 Å². The molecule has 0 aliphatic carbocycles. The standard InChI is InChI=1S/C18H27NO5/c1-14(2)9-8-12-19(24-18(3,4)16(20)21)17(22)23-13-15-10-6-5-7-11-15/h5-7,10-11,14H,8-9,12-13H2,1-4H3,(H,20,21). The Morgan fingerprint density at radius 1 is 1.21 bits per heavy atom. The van der Waals surface area contributed by atoms with Gasteiger partial charge in [-0.1, -0.05) is 44.2 Å². The molecule has 1 aromatic rings. The molecule has 0 atom stereocenters. The van der Waals surface area contributed by atoms with E-state index < -0.39 is 17.7 Å². The number of carboxylic acids is 1. The molecule has 0 aromatic heterocycles. The minimum atomic E-state index is -1.51. The first-order chi connectivity index (χ1) is 11.2. The van der Waals surface area contributed by atoms with Crippen molar-refractivity contribution >= 4 is 12.1 Å². The normalized spacial score (nSPS) is 11.4. The SMILES string of the molecule is CC(C)CCCN(OC(C)(C)C(=O)O)C(=O)OCc1ccccc1. The molecular weight excluding hydrogens is 310 g/mol. The number of benzene rings is 1. The van der Waals surface area contributed by atoms with Crippen LogP contribution in [0.5, 0.6) is 0 Å². The van der Waals surface area contributed by atoms with Crippen LogP contribution in [-0.4, -0.2) is 34.4 Å². The van der Waals surface area contributed by atoms with Crippen molar-refractivity contribution < 1.29 is 24.3 Å². The predicted molar refractivity (Wildman–Crippen MR) is 90.2 cm³/mol. The molecule has 0 saturated carbocycles. The van der Waals surface area contributed by atoms with E-state index in [0.29, 0.717) is 12.3 Å². The Kier molecular flexibility index (Phi) is 7.71. The topological polar surface area (TPSA) is 76.1 Å². The molecule has 6 nitrogen and oxygen atoms in total. The van der Waals surface area contributed by atoms with Crippen molar-refractivity contribution in [3.8, 4) is 0 Å². The second-order valence-corrected chi connectivity index (χ2v) is 6.59. The van der Waals surface area contributed by atoms with Gasteiger partial charge in [-0.25, -0.2) is 9.59 Å². The first-order valence-corrected chi connectivity index (χ1v) is 8.13. The van der Waals surface area contributed by atoms with Crippen LogP contribution in [0.25, 0.3) is 0 Å². The summed E-state index contributed by atoms with van der Waals surface area (Å²) in [6, 6.07) is 9.28. The monoisotopic (exact) mass is 337 g/mol. The minimum absolute atomic E-state index is 0.108. The van der Waals surface area contributed by atoms with E-state index in [-0.39, 0.29) is 13.2 Å². The molecule has 0 radical (unpaired) electrons. The molecule has 0 heterocycles. The van der Waals surface area contributed by atoms with Crippen LogP contribution in [0.15, 0.2) is 30.3 Å². The number of hydrogen-bond acceptors (Lipinski definition) is 4. The Bertz CT molecular complexity index is 527. The number of hydroxylamine groups is 2. The van der Waals surface area contributed by atoms with Gasteiger partial charge in [0.25, 0.3) is 0 Å². The van der Waals surface area contributed by atoms with E-state index in [1.807, 2.05) is 30.3 Å². The average Bonchev–Trinajstić information content (AvgIpc) is 2.52. The third-order valence-corrected chi connectivity index (χ3v) is 3.40. The number of nitrogens with zero attached hydrogens (tertiary/aromatic N) is 1. The molecule has 24 heavy (non-hydrogen) atoms.